The molecule has 2 atom stereocenters. The Hall–Kier alpha value is -0.950. The predicted molar refractivity (Wildman–Crippen MR) is 85.1 cm³/mol. The second-order valence-electron chi connectivity index (χ2n) is 4.89. The van der Waals surface area contributed by atoms with Crippen LogP contribution in [0.1, 0.15) is 32.9 Å². The summed E-state index contributed by atoms with van der Waals surface area (Å²) in [7, 11) is 1.38. The van der Waals surface area contributed by atoms with E-state index in [1.54, 1.807) is 16.3 Å². The van der Waals surface area contributed by atoms with Gasteiger partial charge in [0.15, 0.2) is 5.16 Å². The van der Waals surface area contributed by atoms with Crippen LogP contribution in [0.3, 0.4) is 0 Å². The van der Waals surface area contributed by atoms with Crippen LogP contribution in [0.2, 0.25) is 0 Å². The molecule has 0 saturated carbocycles. The minimum absolute atomic E-state index is 0.0130. The molecule has 0 amide bonds. The van der Waals surface area contributed by atoms with Gasteiger partial charge in [-0.1, -0.05) is 25.6 Å². The number of rotatable bonds is 5. The average molecular weight is 328 g/mol. The zero-order chi connectivity index (χ0) is 15.6. The summed E-state index contributed by atoms with van der Waals surface area (Å²) >= 11 is 2.92. The molecule has 5 nitrogen and oxygen atoms in total. The van der Waals surface area contributed by atoms with Crippen LogP contribution in [0, 0.1) is 0 Å². The van der Waals surface area contributed by atoms with E-state index in [9.17, 15) is 9.59 Å². The van der Waals surface area contributed by atoms with Crippen LogP contribution in [0.4, 0.5) is 0 Å². The van der Waals surface area contributed by atoms with Crippen LogP contribution in [0.15, 0.2) is 14.8 Å². The highest BCUT2D eigenvalue weighted by atomic mass is 32.2. The van der Waals surface area contributed by atoms with Gasteiger partial charge in [0.05, 0.1) is 17.7 Å². The molecule has 2 rings (SSSR count). The molecule has 0 fully saturated rings. The zero-order valence-electron chi connectivity index (χ0n) is 12.7. The molecule has 0 aromatic carbocycles. The molecule has 0 aliphatic carbocycles. The third-order valence-corrected chi connectivity index (χ3v) is 5.91. The number of carbonyl (C=O) groups excluding carboxylic acids is 1. The molecule has 0 radical (unpaired) electrons. The van der Waals surface area contributed by atoms with Crippen molar-refractivity contribution >= 4 is 29.5 Å². The molecule has 7 heteroatoms. The molecule has 0 spiro atoms. The van der Waals surface area contributed by atoms with E-state index in [4.69, 9.17) is 4.74 Å². The Labute approximate surface area is 132 Å². The first-order valence-electron chi connectivity index (χ1n) is 7.06. The number of aromatic nitrogens is 2. The van der Waals surface area contributed by atoms with Crippen LogP contribution in [-0.4, -0.2) is 33.1 Å². The van der Waals surface area contributed by atoms with Gasteiger partial charge < -0.3 is 4.74 Å². The number of hydrogen-bond acceptors (Lipinski definition) is 6. The van der Waals surface area contributed by atoms with Crippen molar-refractivity contribution in [3.05, 3.63) is 16.0 Å². The number of nitrogens with zero attached hydrogens (tertiary/aromatic N) is 2. The molecule has 116 valence electrons. The summed E-state index contributed by atoms with van der Waals surface area (Å²) in [5.41, 5.74) is 0.878. The molecular weight excluding hydrogens is 308 g/mol. The molecule has 1 aromatic rings. The van der Waals surface area contributed by atoms with Gasteiger partial charge in [-0.3, -0.25) is 14.2 Å². The van der Waals surface area contributed by atoms with Crippen molar-refractivity contribution in [2.75, 3.05) is 7.11 Å². The Morgan fingerprint density at radius 2 is 2.29 bits per heavy atom. The number of methoxy groups -OCH3 is 1. The van der Waals surface area contributed by atoms with Gasteiger partial charge in [-0.05, 0) is 13.3 Å². The third kappa shape index (κ3) is 3.29. The molecule has 0 saturated heterocycles. The van der Waals surface area contributed by atoms with Gasteiger partial charge in [-0.2, -0.15) is 0 Å². The highest BCUT2D eigenvalue weighted by Crippen LogP contribution is 2.35. The van der Waals surface area contributed by atoms with E-state index < -0.39 is 0 Å². The monoisotopic (exact) mass is 328 g/mol. The largest absolute Gasteiger partial charge is 0.468 e. The summed E-state index contributed by atoms with van der Waals surface area (Å²) in [5, 5.41) is 0.672. The molecule has 1 aromatic heterocycles. The summed E-state index contributed by atoms with van der Waals surface area (Å²) in [6.45, 7) is 6.49. The van der Waals surface area contributed by atoms with E-state index in [2.05, 4.69) is 11.9 Å². The fourth-order valence-corrected chi connectivity index (χ4v) is 4.49. The topological polar surface area (TPSA) is 61.2 Å². The van der Waals surface area contributed by atoms with Gasteiger partial charge in [-0.25, -0.2) is 4.98 Å². The average Bonchev–Trinajstić information content (AvgIpc) is 2.85. The smallest absolute Gasteiger partial charge is 0.319 e. The van der Waals surface area contributed by atoms with Crippen LogP contribution in [0.5, 0.6) is 0 Å². The molecule has 21 heavy (non-hydrogen) atoms. The minimum Gasteiger partial charge on any atom is -0.468 e. The highest BCUT2D eigenvalue weighted by Gasteiger charge is 2.28. The number of thioether (sulfide) groups is 2. The zero-order valence-corrected chi connectivity index (χ0v) is 14.3. The summed E-state index contributed by atoms with van der Waals surface area (Å²) in [4.78, 5) is 29.7. The van der Waals surface area contributed by atoms with Crippen molar-refractivity contribution < 1.29 is 9.53 Å². The first-order chi connectivity index (χ1) is 10.0. The van der Waals surface area contributed by atoms with Crippen molar-refractivity contribution in [3.63, 3.8) is 0 Å². The van der Waals surface area contributed by atoms with Gasteiger partial charge in [-0.15, -0.1) is 11.8 Å². The number of fused-ring (bicyclic) bond motifs is 1. The van der Waals surface area contributed by atoms with Gasteiger partial charge in [0.2, 0.25) is 0 Å². The van der Waals surface area contributed by atoms with Crippen molar-refractivity contribution in [1.82, 2.24) is 9.55 Å². The summed E-state index contributed by atoms with van der Waals surface area (Å²) < 4.78 is 6.46. The fraction of sp³-hybridized carbons (Fsp3) is 0.643. The first-order valence-corrected chi connectivity index (χ1v) is 8.82. The maximum Gasteiger partial charge on any atom is 0.319 e. The second-order valence-corrected chi connectivity index (χ2v) is 7.51. The fourth-order valence-electron chi connectivity index (χ4n) is 2.26. The number of hydrogen-bond donors (Lipinski definition) is 0. The second kappa shape index (κ2) is 6.87. The van der Waals surface area contributed by atoms with Gasteiger partial charge in [0, 0.05) is 18.2 Å². The molecule has 0 N–H and O–H groups in total. The Morgan fingerprint density at radius 1 is 1.57 bits per heavy atom. The maximum atomic E-state index is 12.5. The van der Waals surface area contributed by atoms with E-state index in [0.717, 1.165) is 17.0 Å². The molecule has 1 aliphatic rings. The Kier molecular flexibility index (Phi) is 5.37. The molecule has 2 heterocycles. The first kappa shape index (κ1) is 16.4. The third-order valence-electron chi connectivity index (χ3n) is 3.36. The maximum absolute atomic E-state index is 12.5. The van der Waals surface area contributed by atoms with E-state index in [1.807, 2.05) is 13.8 Å². The number of ether oxygens (including phenoxy) is 1. The lowest BCUT2D eigenvalue weighted by Gasteiger charge is -2.15. The Morgan fingerprint density at radius 3 is 2.86 bits per heavy atom. The lowest BCUT2D eigenvalue weighted by molar-refractivity contribution is -0.140. The standard InChI is InChI=1S/C14H20N2O3S2/c1-5-10(13(18)19-4)21-14-15-9-7-8(3)20-11(9)12(17)16(14)6-2/h8,10H,5-7H2,1-4H3/t8-,10-/m0/s1. The lowest BCUT2D eigenvalue weighted by Crippen LogP contribution is -2.26. The number of esters is 1. The van der Waals surface area contributed by atoms with E-state index in [1.165, 1.54) is 18.9 Å². The summed E-state index contributed by atoms with van der Waals surface area (Å²) in [6, 6.07) is 0. The van der Waals surface area contributed by atoms with Gasteiger partial charge in [0.25, 0.3) is 5.56 Å². The number of carbonyl (C=O) groups is 1. The summed E-state index contributed by atoms with van der Waals surface area (Å²) in [6.07, 6.45) is 1.45. The van der Waals surface area contributed by atoms with Crippen LogP contribution < -0.4 is 5.56 Å². The predicted octanol–water partition coefficient (Wildman–Crippen LogP) is 2.34. The Balaban J connectivity index is 2.40. The highest BCUT2D eigenvalue weighted by molar-refractivity contribution is 8.00. The molecular formula is C14H20N2O3S2. The minimum atomic E-state index is -0.329. The van der Waals surface area contributed by atoms with E-state index >= 15 is 0 Å². The summed E-state index contributed by atoms with van der Waals surface area (Å²) in [5.74, 6) is -0.275. The van der Waals surface area contributed by atoms with Gasteiger partial charge >= 0.3 is 5.97 Å². The van der Waals surface area contributed by atoms with Crippen molar-refractivity contribution in [1.29, 1.82) is 0 Å². The Bertz CT molecular complexity index is 601. The van der Waals surface area contributed by atoms with Crippen LogP contribution in [0.25, 0.3) is 0 Å². The van der Waals surface area contributed by atoms with Crippen LogP contribution >= 0.6 is 23.5 Å². The lowest BCUT2D eigenvalue weighted by atomic mass is 10.2. The van der Waals surface area contributed by atoms with E-state index in [0.29, 0.717) is 23.4 Å². The van der Waals surface area contributed by atoms with E-state index in [-0.39, 0.29) is 16.8 Å². The van der Waals surface area contributed by atoms with Crippen molar-refractivity contribution in [3.8, 4) is 0 Å². The normalized spacial score (nSPS) is 18.4. The van der Waals surface area contributed by atoms with Crippen molar-refractivity contribution in [2.24, 2.45) is 0 Å². The molecule has 0 unspecified atom stereocenters. The SMILES string of the molecule is CC[C@H](Sc1nc2c(c(=O)n1CC)S[C@@H](C)C2)C(=O)OC. The van der Waals surface area contributed by atoms with Gasteiger partial charge in [0.1, 0.15) is 5.25 Å². The van der Waals surface area contributed by atoms with Crippen molar-refractivity contribution in [2.45, 2.75) is 60.7 Å². The molecule has 1 aliphatic heterocycles. The molecule has 0 bridgehead atoms. The quantitative estimate of drug-likeness (QED) is 0.470. The van der Waals surface area contributed by atoms with Crippen LogP contribution in [-0.2, 0) is 22.5 Å².